The molecule has 0 bridgehead atoms. The molecule has 0 radical (unpaired) electrons. The van der Waals surface area contributed by atoms with Crippen LogP contribution in [-0.2, 0) is 18.4 Å². The molecule has 0 aliphatic heterocycles. The monoisotopic (exact) mass is 1100 g/mol. The first-order valence-corrected chi connectivity index (χ1v) is 33.9. The molecule has 0 aliphatic carbocycles. The Morgan fingerprint density at radius 3 is 1.16 bits per heavy atom. The number of carbonyl (C=O) groups is 1. The maximum Gasteiger partial charge on any atom is 0.268 e. The summed E-state index contributed by atoms with van der Waals surface area (Å²) in [5.41, 5.74) is 0. The van der Waals surface area contributed by atoms with Crippen molar-refractivity contribution < 1.29 is 32.9 Å². The minimum absolute atomic E-state index is 0.0118. The number of carbonyl (C=O) groups excluding carboxylic acids is 1. The summed E-state index contributed by atoms with van der Waals surface area (Å²) >= 11 is 0. The van der Waals surface area contributed by atoms with Gasteiger partial charge in [0, 0.05) is 6.42 Å². The minimum atomic E-state index is -4.57. The molecule has 8 nitrogen and oxygen atoms in total. The molecule has 2 N–H and O–H groups in total. The fourth-order valence-corrected chi connectivity index (χ4v) is 10.1. The van der Waals surface area contributed by atoms with Crippen molar-refractivity contribution in [3.8, 4) is 0 Å². The van der Waals surface area contributed by atoms with Crippen LogP contribution in [0.4, 0.5) is 0 Å². The molecule has 0 heterocycles. The van der Waals surface area contributed by atoms with Crippen LogP contribution in [0.1, 0.15) is 290 Å². The molecular formula is C68H125N2O6P. The highest BCUT2D eigenvalue weighted by Crippen LogP contribution is 2.38. The SMILES string of the molecule is CC/C=C\C/C=C\C/C=C\C/C=C\C/C=C\C/C=C\C/C=C\CCCCCCCCCCCCCCCCCCCCCC(=O)NC(COP(=O)([O-])OCC[N+](C)(C)C)C(O)CCCCCCCCCCCCCCCC. The van der Waals surface area contributed by atoms with Crippen molar-refractivity contribution in [2.45, 2.75) is 302 Å². The summed E-state index contributed by atoms with van der Waals surface area (Å²) in [5.74, 6) is -0.163. The molecule has 3 atom stereocenters. The van der Waals surface area contributed by atoms with E-state index in [2.05, 4.69) is 104 Å². The Morgan fingerprint density at radius 2 is 0.792 bits per heavy atom. The number of aliphatic hydroxyl groups is 1. The van der Waals surface area contributed by atoms with Crippen molar-refractivity contribution in [3.05, 3.63) is 85.1 Å². The Hall–Kier alpha value is -2.32. The first-order valence-electron chi connectivity index (χ1n) is 32.4. The second kappa shape index (κ2) is 58.3. The maximum atomic E-state index is 13.0. The fraction of sp³-hybridized carbons (Fsp3) is 0.779. The van der Waals surface area contributed by atoms with Crippen molar-refractivity contribution in [3.63, 3.8) is 0 Å². The van der Waals surface area contributed by atoms with E-state index in [1.807, 2.05) is 21.1 Å². The molecule has 0 saturated heterocycles. The van der Waals surface area contributed by atoms with Crippen LogP contribution in [0.15, 0.2) is 85.1 Å². The third kappa shape index (κ3) is 61.2. The van der Waals surface area contributed by atoms with Gasteiger partial charge in [-0.05, 0) is 70.6 Å². The highest BCUT2D eigenvalue weighted by molar-refractivity contribution is 7.45. The van der Waals surface area contributed by atoms with E-state index >= 15 is 0 Å². The second-order valence-electron chi connectivity index (χ2n) is 23.1. The van der Waals surface area contributed by atoms with E-state index in [1.165, 1.54) is 180 Å². The lowest BCUT2D eigenvalue weighted by molar-refractivity contribution is -0.870. The summed E-state index contributed by atoms with van der Waals surface area (Å²) in [7, 11) is 1.31. The van der Waals surface area contributed by atoms with Gasteiger partial charge in [0.25, 0.3) is 7.82 Å². The summed E-state index contributed by atoms with van der Waals surface area (Å²) in [6.07, 6.45) is 82.2. The number of unbranched alkanes of at least 4 members (excludes halogenated alkanes) is 32. The zero-order valence-corrected chi connectivity index (χ0v) is 52.0. The van der Waals surface area contributed by atoms with Gasteiger partial charge in [-0.15, -0.1) is 0 Å². The largest absolute Gasteiger partial charge is 0.756 e. The van der Waals surface area contributed by atoms with E-state index in [1.54, 1.807) is 0 Å². The summed E-state index contributed by atoms with van der Waals surface area (Å²) in [4.78, 5) is 25.5. The molecule has 77 heavy (non-hydrogen) atoms. The van der Waals surface area contributed by atoms with E-state index in [9.17, 15) is 19.4 Å². The van der Waals surface area contributed by atoms with Gasteiger partial charge < -0.3 is 28.8 Å². The number of aliphatic hydroxyl groups excluding tert-OH is 1. The van der Waals surface area contributed by atoms with Crippen LogP contribution < -0.4 is 10.2 Å². The van der Waals surface area contributed by atoms with E-state index in [0.29, 0.717) is 23.9 Å². The molecule has 0 aromatic heterocycles. The molecule has 0 aromatic rings. The highest BCUT2D eigenvalue weighted by Gasteiger charge is 2.24. The van der Waals surface area contributed by atoms with E-state index < -0.39 is 20.0 Å². The van der Waals surface area contributed by atoms with Gasteiger partial charge in [-0.3, -0.25) is 9.36 Å². The Bertz CT molecular complexity index is 1530. The lowest BCUT2D eigenvalue weighted by Gasteiger charge is -2.30. The van der Waals surface area contributed by atoms with E-state index in [0.717, 1.165) is 83.5 Å². The predicted octanol–water partition coefficient (Wildman–Crippen LogP) is 19.7. The first kappa shape index (κ1) is 74.7. The fourth-order valence-electron chi connectivity index (χ4n) is 9.38. The average molecular weight is 1100 g/mol. The number of quaternary nitrogens is 1. The smallest absolute Gasteiger partial charge is 0.268 e. The van der Waals surface area contributed by atoms with Crippen LogP contribution in [0.2, 0.25) is 0 Å². The van der Waals surface area contributed by atoms with Crippen molar-refractivity contribution in [1.29, 1.82) is 0 Å². The number of amides is 1. The van der Waals surface area contributed by atoms with Crippen molar-refractivity contribution >= 4 is 13.7 Å². The topological polar surface area (TPSA) is 108 Å². The number of likely N-dealkylation sites (N-methyl/N-ethyl adjacent to an activating group) is 1. The summed E-state index contributed by atoms with van der Waals surface area (Å²) in [6.45, 7) is 4.62. The van der Waals surface area contributed by atoms with Gasteiger partial charge in [-0.1, -0.05) is 298 Å². The second-order valence-corrected chi connectivity index (χ2v) is 24.5. The summed E-state index contributed by atoms with van der Waals surface area (Å²) in [5, 5.41) is 14.0. The number of nitrogens with one attached hydrogen (secondary N) is 1. The molecule has 3 unspecified atom stereocenters. The lowest BCUT2D eigenvalue weighted by atomic mass is 10.0. The molecule has 0 rings (SSSR count). The van der Waals surface area contributed by atoms with Crippen molar-refractivity contribution in [2.75, 3.05) is 40.9 Å². The molecule has 0 aliphatic rings. The molecule has 0 saturated carbocycles. The Morgan fingerprint density at radius 1 is 0.468 bits per heavy atom. The molecule has 1 amide bonds. The number of rotatable bonds is 59. The van der Waals surface area contributed by atoms with E-state index in [4.69, 9.17) is 9.05 Å². The van der Waals surface area contributed by atoms with Gasteiger partial charge in [0.1, 0.15) is 13.2 Å². The first-order chi connectivity index (χ1) is 37.5. The van der Waals surface area contributed by atoms with Crippen LogP contribution in [0, 0.1) is 0 Å². The molecule has 0 spiro atoms. The maximum absolute atomic E-state index is 13.0. The van der Waals surface area contributed by atoms with Crippen LogP contribution in [0.25, 0.3) is 0 Å². The highest BCUT2D eigenvalue weighted by atomic mass is 31.2. The predicted molar refractivity (Wildman–Crippen MR) is 334 cm³/mol. The number of phosphoric acid groups is 1. The van der Waals surface area contributed by atoms with Crippen LogP contribution in [0.5, 0.6) is 0 Å². The van der Waals surface area contributed by atoms with Crippen LogP contribution in [-0.4, -0.2) is 68.5 Å². The third-order valence-electron chi connectivity index (χ3n) is 14.4. The lowest BCUT2D eigenvalue weighted by Crippen LogP contribution is -2.46. The van der Waals surface area contributed by atoms with Crippen molar-refractivity contribution in [2.24, 2.45) is 0 Å². The molecular weight excluding hydrogens is 972 g/mol. The molecule has 448 valence electrons. The van der Waals surface area contributed by atoms with Gasteiger partial charge in [0.2, 0.25) is 5.91 Å². The number of allylic oxidation sites excluding steroid dienone is 14. The quantitative estimate of drug-likeness (QED) is 0.0272. The molecule has 0 fully saturated rings. The van der Waals surface area contributed by atoms with Crippen LogP contribution >= 0.6 is 7.82 Å². The zero-order chi connectivity index (χ0) is 56.3. The number of hydrogen-bond donors (Lipinski definition) is 2. The van der Waals surface area contributed by atoms with Gasteiger partial charge in [-0.2, -0.15) is 0 Å². The van der Waals surface area contributed by atoms with Crippen LogP contribution in [0.3, 0.4) is 0 Å². The molecule has 0 aromatic carbocycles. The van der Waals surface area contributed by atoms with E-state index in [-0.39, 0.29) is 19.1 Å². The Kier molecular flexibility index (Phi) is 56.6. The average Bonchev–Trinajstić information content (AvgIpc) is 3.39. The third-order valence-corrected chi connectivity index (χ3v) is 15.4. The number of phosphoric ester groups is 1. The zero-order valence-electron chi connectivity index (χ0n) is 51.1. The summed E-state index contributed by atoms with van der Waals surface area (Å²) < 4.78 is 23.4. The van der Waals surface area contributed by atoms with Gasteiger partial charge in [0.15, 0.2) is 0 Å². The molecule has 9 heteroatoms. The van der Waals surface area contributed by atoms with Gasteiger partial charge in [-0.25, -0.2) is 0 Å². The van der Waals surface area contributed by atoms with Gasteiger partial charge in [0.05, 0.1) is 39.9 Å². The standard InChI is InChI=1S/C68H125N2O6P/c1-6-8-10-12-14-16-18-20-22-23-24-25-26-27-28-29-30-31-32-33-34-35-36-37-38-39-40-41-42-43-44-45-46-47-48-50-52-54-56-58-60-62-68(72)69-66(65-76-77(73,74)75-64-63-70(3,4)5)67(71)61-59-57-55-53-51-49-21-19-17-15-13-11-9-7-2/h8,10,14,16,20,22,24-25,27-28,30-31,33-34,66-67,71H,6-7,9,11-13,15,17-19,21,23,26,29,32,35-65H2,1-5H3,(H-,69,72,73,74)/b10-8-,16-14-,22-20-,25-24-,28-27-,31-30-,34-33-. The normalized spacial score (nSPS) is 14.3. The minimum Gasteiger partial charge on any atom is -0.756 e. The Labute approximate surface area is 477 Å². The number of nitrogens with zero attached hydrogens (tertiary/aromatic N) is 1. The number of hydrogen-bond acceptors (Lipinski definition) is 6. The summed E-state index contributed by atoms with van der Waals surface area (Å²) in [6, 6.07) is -0.802. The van der Waals surface area contributed by atoms with Gasteiger partial charge >= 0.3 is 0 Å². The van der Waals surface area contributed by atoms with Crippen molar-refractivity contribution in [1.82, 2.24) is 5.32 Å². The Balaban J connectivity index is 3.91.